The summed E-state index contributed by atoms with van der Waals surface area (Å²) >= 11 is 0. The summed E-state index contributed by atoms with van der Waals surface area (Å²) in [6.07, 6.45) is 3.93. The molecule has 0 saturated carbocycles. The number of aryl methyl sites for hydroxylation is 1. The van der Waals surface area contributed by atoms with Crippen LogP contribution in [0.3, 0.4) is 0 Å². The highest BCUT2D eigenvalue weighted by atomic mass is 16.5. The third-order valence-corrected chi connectivity index (χ3v) is 3.49. The van der Waals surface area contributed by atoms with Gasteiger partial charge in [-0.3, -0.25) is 0 Å². The zero-order valence-corrected chi connectivity index (χ0v) is 10.9. The maximum Gasteiger partial charge on any atom is 0.0671 e. The predicted octanol–water partition coefficient (Wildman–Crippen LogP) is 2.56. The fourth-order valence-corrected chi connectivity index (χ4v) is 2.55. The molecular formula is C15H23NO. The van der Waals surface area contributed by atoms with Crippen molar-refractivity contribution in [2.45, 2.75) is 45.3 Å². The number of nitrogens with one attached hydrogen (secondary N) is 1. The summed E-state index contributed by atoms with van der Waals surface area (Å²) in [4.78, 5) is 0. The minimum Gasteiger partial charge on any atom is -0.377 e. The molecule has 2 rings (SSSR count). The molecule has 2 heteroatoms. The maximum absolute atomic E-state index is 5.54. The van der Waals surface area contributed by atoms with E-state index in [1.165, 1.54) is 24.0 Å². The fraction of sp³-hybridized carbons (Fsp3) is 0.600. The second-order valence-corrected chi connectivity index (χ2v) is 4.88. The zero-order valence-electron chi connectivity index (χ0n) is 10.9. The summed E-state index contributed by atoms with van der Waals surface area (Å²) in [6, 6.07) is 9.42. The van der Waals surface area contributed by atoms with Gasteiger partial charge >= 0.3 is 0 Å². The molecule has 0 fully saturated rings. The Morgan fingerprint density at radius 2 is 2.12 bits per heavy atom. The van der Waals surface area contributed by atoms with E-state index in [0.29, 0.717) is 12.1 Å². The van der Waals surface area contributed by atoms with Crippen LogP contribution in [-0.4, -0.2) is 25.3 Å². The second-order valence-electron chi connectivity index (χ2n) is 4.88. The first kappa shape index (κ1) is 12.6. The van der Waals surface area contributed by atoms with E-state index >= 15 is 0 Å². The van der Waals surface area contributed by atoms with Gasteiger partial charge in [0.15, 0.2) is 0 Å². The van der Waals surface area contributed by atoms with Gasteiger partial charge in [-0.25, -0.2) is 0 Å². The molecule has 0 spiro atoms. The normalized spacial score (nSPS) is 20.9. The molecule has 1 aromatic rings. The summed E-state index contributed by atoms with van der Waals surface area (Å²) < 4.78 is 5.54. The number of ether oxygens (including phenoxy) is 1. The average molecular weight is 233 g/mol. The highest BCUT2D eigenvalue weighted by Gasteiger charge is 2.18. The van der Waals surface area contributed by atoms with Gasteiger partial charge < -0.3 is 10.1 Å². The number of benzene rings is 1. The van der Waals surface area contributed by atoms with E-state index in [9.17, 15) is 0 Å². The summed E-state index contributed by atoms with van der Waals surface area (Å²) in [5, 5.41) is 3.62. The van der Waals surface area contributed by atoms with Crippen molar-refractivity contribution < 1.29 is 4.74 Å². The Hall–Kier alpha value is -0.860. The van der Waals surface area contributed by atoms with E-state index in [1.54, 1.807) is 0 Å². The Morgan fingerprint density at radius 3 is 2.88 bits per heavy atom. The zero-order chi connectivity index (χ0) is 12.1. The van der Waals surface area contributed by atoms with Crippen molar-refractivity contribution >= 4 is 0 Å². The molecule has 2 atom stereocenters. The number of rotatable bonds is 5. The van der Waals surface area contributed by atoms with Crippen molar-refractivity contribution in [1.29, 1.82) is 0 Å². The molecule has 0 aromatic heterocycles. The molecule has 1 N–H and O–H groups in total. The van der Waals surface area contributed by atoms with Gasteiger partial charge in [0.05, 0.1) is 6.10 Å². The second kappa shape index (κ2) is 6.18. The topological polar surface area (TPSA) is 21.3 Å². The molecule has 0 aliphatic heterocycles. The van der Waals surface area contributed by atoms with Crippen LogP contribution in [0.15, 0.2) is 24.3 Å². The van der Waals surface area contributed by atoms with Gasteiger partial charge in [0.25, 0.3) is 0 Å². The minimum atomic E-state index is 0.317. The largest absolute Gasteiger partial charge is 0.377 e. The smallest absolute Gasteiger partial charge is 0.0671 e. The molecule has 0 bridgehead atoms. The lowest BCUT2D eigenvalue weighted by Gasteiger charge is -2.26. The van der Waals surface area contributed by atoms with Gasteiger partial charge in [-0.1, -0.05) is 24.3 Å². The van der Waals surface area contributed by atoms with Gasteiger partial charge in [0.1, 0.15) is 0 Å². The third-order valence-electron chi connectivity index (χ3n) is 3.49. The Kier molecular flexibility index (Phi) is 4.57. The van der Waals surface area contributed by atoms with Crippen molar-refractivity contribution in [1.82, 2.24) is 5.32 Å². The standard InChI is InChI=1S/C15H23NO/c1-3-17-12(2)11-16-15-9-8-13-6-4-5-7-14(13)10-15/h4-7,12,15-16H,3,8-11H2,1-2H3. The molecular weight excluding hydrogens is 210 g/mol. The minimum absolute atomic E-state index is 0.317. The van der Waals surface area contributed by atoms with Crippen LogP contribution in [0.1, 0.15) is 31.4 Å². The predicted molar refractivity (Wildman–Crippen MR) is 71.3 cm³/mol. The Labute approximate surface area is 104 Å². The summed E-state index contributed by atoms with van der Waals surface area (Å²) in [7, 11) is 0. The van der Waals surface area contributed by atoms with Crippen LogP contribution in [0.4, 0.5) is 0 Å². The molecule has 0 heterocycles. The molecule has 1 aromatic carbocycles. The van der Waals surface area contributed by atoms with Crippen molar-refractivity contribution in [2.24, 2.45) is 0 Å². The van der Waals surface area contributed by atoms with Crippen molar-refractivity contribution in [3.63, 3.8) is 0 Å². The maximum atomic E-state index is 5.54. The molecule has 1 aliphatic rings. The van der Waals surface area contributed by atoms with Crippen LogP contribution in [-0.2, 0) is 17.6 Å². The lowest BCUT2D eigenvalue weighted by atomic mass is 9.88. The Morgan fingerprint density at radius 1 is 1.35 bits per heavy atom. The van der Waals surface area contributed by atoms with E-state index in [1.807, 2.05) is 6.92 Å². The van der Waals surface area contributed by atoms with Crippen LogP contribution in [0.25, 0.3) is 0 Å². The van der Waals surface area contributed by atoms with E-state index in [4.69, 9.17) is 4.74 Å². The SMILES string of the molecule is CCOC(C)CNC1CCc2ccccc2C1. The van der Waals surface area contributed by atoms with Gasteiger partial charge in [0, 0.05) is 19.2 Å². The fourth-order valence-electron chi connectivity index (χ4n) is 2.55. The molecule has 1 aliphatic carbocycles. The molecule has 94 valence electrons. The molecule has 0 radical (unpaired) electrons. The average Bonchev–Trinajstić information content (AvgIpc) is 2.36. The quantitative estimate of drug-likeness (QED) is 0.844. The lowest BCUT2D eigenvalue weighted by Crippen LogP contribution is -2.39. The highest BCUT2D eigenvalue weighted by Crippen LogP contribution is 2.20. The monoisotopic (exact) mass is 233 g/mol. The number of fused-ring (bicyclic) bond motifs is 1. The lowest BCUT2D eigenvalue weighted by molar-refractivity contribution is 0.0735. The van der Waals surface area contributed by atoms with Crippen LogP contribution in [0, 0.1) is 0 Å². The van der Waals surface area contributed by atoms with Gasteiger partial charge in [-0.15, -0.1) is 0 Å². The number of hydrogen-bond acceptors (Lipinski definition) is 2. The molecule has 2 nitrogen and oxygen atoms in total. The van der Waals surface area contributed by atoms with Crippen molar-refractivity contribution in [3.8, 4) is 0 Å². The van der Waals surface area contributed by atoms with Crippen LogP contribution < -0.4 is 5.32 Å². The summed E-state index contributed by atoms with van der Waals surface area (Å²) in [6.45, 7) is 5.94. The highest BCUT2D eigenvalue weighted by molar-refractivity contribution is 5.30. The summed E-state index contributed by atoms with van der Waals surface area (Å²) in [5.41, 5.74) is 3.05. The van der Waals surface area contributed by atoms with Crippen LogP contribution >= 0.6 is 0 Å². The first-order valence-corrected chi connectivity index (χ1v) is 6.71. The number of hydrogen-bond donors (Lipinski definition) is 1. The van der Waals surface area contributed by atoms with Crippen molar-refractivity contribution in [2.75, 3.05) is 13.2 Å². The van der Waals surface area contributed by atoms with Crippen LogP contribution in [0.5, 0.6) is 0 Å². The Bertz CT molecular complexity index is 351. The van der Waals surface area contributed by atoms with E-state index in [0.717, 1.165) is 19.6 Å². The molecule has 0 amide bonds. The Balaban J connectivity index is 1.82. The first-order valence-electron chi connectivity index (χ1n) is 6.71. The molecule has 2 unspecified atom stereocenters. The third kappa shape index (κ3) is 3.55. The van der Waals surface area contributed by atoms with Crippen LogP contribution in [0.2, 0.25) is 0 Å². The van der Waals surface area contributed by atoms with Crippen molar-refractivity contribution in [3.05, 3.63) is 35.4 Å². The van der Waals surface area contributed by atoms with E-state index in [-0.39, 0.29) is 0 Å². The van der Waals surface area contributed by atoms with E-state index in [2.05, 4.69) is 36.5 Å². The van der Waals surface area contributed by atoms with Gasteiger partial charge in [-0.2, -0.15) is 0 Å². The first-order chi connectivity index (χ1) is 8.29. The molecule has 17 heavy (non-hydrogen) atoms. The van der Waals surface area contributed by atoms with E-state index < -0.39 is 0 Å². The summed E-state index contributed by atoms with van der Waals surface area (Å²) in [5.74, 6) is 0. The van der Waals surface area contributed by atoms with Gasteiger partial charge in [0.2, 0.25) is 0 Å². The molecule has 0 saturated heterocycles. The van der Waals surface area contributed by atoms with Gasteiger partial charge in [-0.05, 0) is 44.2 Å².